The van der Waals surface area contributed by atoms with Gasteiger partial charge in [0.15, 0.2) is 0 Å². The van der Waals surface area contributed by atoms with E-state index in [0.29, 0.717) is 18.1 Å². The van der Waals surface area contributed by atoms with Gasteiger partial charge in [0.05, 0.1) is 6.21 Å². The highest BCUT2D eigenvalue weighted by atomic mass is 79.9. The number of fused-ring (bicyclic) bond motifs is 1. The van der Waals surface area contributed by atoms with Gasteiger partial charge in [0.2, 0.25) is 5.82 Å². The molecule has 2 aromatic heterocycles. The minimum absolute atomic E-state index is 0.00174. The first kappa shape index (κ1) is 20.7. The largest absolute Gasteiger partial charge is 0.488 e. The fraction of sp³-hybridized carbons (Fsp3) is 0.136. The van der Waals surface area contributed by atoms with Crippen LogP contribution in [0, 0.1) is 13.8 Å². The molecule has 1 N–H and O–H groups in total. The number of aromatic nitrogens is 4. The highest BCUT2D eigenvalue weighted by Crippen LogP contribution is 2.18. The van der Waals surface area contributed by atoms with Crippen molar-refractivity contribution in [3.05, 3.63) is 87.4 Å². The Morgan fingerprint density at radius 2 is 1.94 bits per heavy atom. The van der Waals surface area contributed by atoms with E-state index in [-0.39, 0.29) is 5.82 Å². The predicted octanol–water partition coefficient (Wildman–Crippen LogP) is 3.85. The van der Waals surface area contributed by atoms with Crippen LogP contribution >= 0.6 is 15.9 Å². The number of ether oxygens (including phenoxy) is 1. The van der Waals surface area contributed by atoms with Crippen LogP contribution in [0.15, 0.2) is 64.2 Å². The van der Waals surface area contributed by atoms with Crippen LogP contribution in [0.2, 0.25) is 0 Å². The molecule has 0 spiro atoms. The molecule has 0 fully saturated rings. The number of para-hydroxylation sites is 1. The zero-order valence-electron chi connectivity index (χ0n) is 16.9. The molecule has 9 heteroatoms. The molecule has 4 aromatic rings. The van der Waals surface area contributed by atoms with Crippen molar-refractivity contribution in [2.24, 2.45) is 5.10 Å². The van der Waals surface area contributed by atoms with Gasteiger partial charge in [-0.05, 0) is 49.7 Å². The molecule has 0 unspecified atom stereocenters. The molecule has 2 heterocycles. The van der Waals surface area contributed by atoms with Crippen molar-refractivity contribution in [3.8, 4) is 5.75 Å². The fourth-order valence-corrected chi connectivity index (χ4v) is 3.20. The maximum absolute atomic E-state index is 12.4. The second-order valence-corrected chi connectivity index (χ2v) is 7.75. The lowest BCUT2D eigenvalue weighted by Crippen LogP contribution is -2.19. The van der Waals surface area contributed by atoms with Crippen molar-refractivity contribution in [1.29, 1.82) is 0 Å². The average Bonchev–Trinajstić information content (AvgIpc) is 3.19. The number of benzene rings is 2. The molecule has 0 aliphatic heterocycles. The van der Waals surface area contributed by atoms with Crippen molar-refractivity contribution in [2.45, 2.75) is 20.5 Å². The van der Waals surface area contributed by atoms with Gasteiger partial charge in [0.1, 0.15) is 12.4 Å². The number of aryl methyl sites for hydroxylation is 2. The summed E-state index contributed by atoms with van der Waals surface area (Å²) in [4.78, 5) is 20.9. The number of hydrazone groups is 1. The molecule has 0 atom stereocenters. The van der Waals surface area contributed by atoms with Crippen LogP contribution in [0.4, 0.5) is 0 Å². The summed E-state index contributed by atoms with van der Waals surface area (Å²) in [6.45, 7) is 4.16. The van der Waals surface area contributed by atoms with Crippen LogP contribution in [-0.2, 0) is 6.61 Å². The van der Waals surface area contributed by atoms with Crippen molar-refractivity contribution < 1.29 is 9.53 Å². The topological polar surface area (TPSA) is 93.8 Å². The maximum atomic E-state index is 12.4. The van der Waals surface area contributed by atoms with Gasteiger partial charge in [-0.15, -0.1) is 5.10 Å². The minimum Gasteiger partial charge on any atom is -0.488 e. The number of rotatable bonds is 6. The molecule has 8 nitrogen and oxygen atoms in total. The highest BCUT2D eigenvalue weighted by Gasteiger charge is 2.14. The Bertz CT molecular complexity index is 1270. The predicted molar refractivity (Wildman–Crippen MR) is 120 cm³/mol. The quantitative estimate of drug-likeness (QED) is 0.335. The van der Waals surface area contributed by atoms with Crippen molar-refractivity contribution in [2.75, 3.05) is 0 Å². The molecule has 2 aromatic carbocycles. The molecule has 0 bridgehead atoms. The lowest BCUT2D eigenvalue weighted by atomic mass is 10.2. The summed E-state index contributed by atoms with van der Waals surface area (Å²) < 4.78 is 8.45. The van der Waals surface area contributed by atoms with Crippen LogP contribution in [0.5, 0.6) is 5.75 Å². The van der Waals surface area contributed by atoms with E-state index < -0.39 is 5.91 Å². The first-order valence-electron chi connectivity index (χ1n) is 9.50. The number of carbonyl (C=O) groups excluding carboxylic acids is 1. The summed E-state index contributed by atoms with van der Waals surface area (Å²) in [5, 5.41) is 8.23. The molecule has 4 rings (SSSR count). The second kappa shape index (κ2) is 9.05. The molecule has 0 aliphatic carbocycles. The Morgan fingerprint density at radius 1 is 1.16 bits per heavy atom. The molecule has 0 saturated carbocycles. The molecular weight excluding hydrogens is 460 g/mol. The summed E-state index contributed by atoms with van der Waals surface area (Å²) in [6, 6.07) is 17.2. The highest BCUT2D eigenvalue weighted by molar-refractivity contribution is 9.10. The summed E-state index contributed by atoms with van der Waals surface area (Å²) >= 11 is 3.42. The molecule has 0 aliphatic rings. The average molecular weight is 479 g/mol. The summed E-state index contributed by atoms with van der Waals surface area (Å²) in [7, 11) is 0. The molecule has 1 amide bonds. The Hall–Kier alpha value is -3.59. The third-order valence-electron chi connectivity index (χ3n) is 4.42. The first-order chi connectivity index (χ1) is 15.0. The van der Waals surface area contributed by atoms with Crippen molar-refractivity contribution >= 4 is 33.8 Å². The first-order valence-corrected chi connectivity index (χ1v) is 10.3. The Morgan fingerprint density at radius 3 is 2.74 bits per heavy atom. The van der Waals surface area contributed by atoms with Gasteiger partial charge in [-0.25, -0.2) is 14.9 Å². The van der Waals surface area contributed by atoms with E-state index in [9.17, 15) is 4.79 Å². The normalized spacial score (nSPS) is 11.2. The van der Waals surface area contributed by atoms with Gasteiger partial charge < -0.3 is 4.74 Å². The van der Waals surface area contributed by atoms with E-state index in [2.05, 4.69) is 41.5 Å². The smallest absolute Gasteiger partial charge is 0.311 e. The van der Waals surface area contributed by atoms with Gasteiger partial charge >= 0.3 is 5.91 Å². The van der Waals surface area contributed by atoms with Crippen molar-refractivity contribution in [3.63, 3.8) is 0 Å². The van der Waals surface area contributed by atoms with Gasteiger partial charge in [0.25, 0.3) is 5.78 Å². The van der Waals surface area contributed by atoms with Crippen LogP contribution < -0.4 is 10.2 Å². The molecule has 0 radical (unpaired) electrons. The number of hydrogen-bond acceptors (Lipinski definition) is 6. The van der Waals surface area contributed by atoms with Gasteiger partial charge in [-0.1, -0.05) is 40.2 Å². The van der Waals surface area contributed by atoms with Crippen LogP contribution in [0.1, 0.15) is 33.1 Å². The Balaban J connectivity index is 1.43. The number of amides is 1. The molecule has 0 saturated heterocycles. The zero-order chi connectivity index (χ0) is 21.8. The van der Waals surface area contributed by atoms with Crippen LogP contribution in [0.3, 0.4) is 0 Å². The SMILES string of the molecule is Cc1cc(C)n2nc(C(=O)N/N=C/c3ccccc3OCc3ccc(Br)cc3)nc2n1. The lowest BCUT2D eigenvalue weighted by Gasteiger charge is -2.09. The number of hydrogen-bond donors (Lipinski definition) is 1. The summed E-state index contributed by atoms with van der Waals surface area (Å²) in [5.41, 5.74) is 5.88. The lowest BCUT2D eigenvalue weighted by molar-refractivity contribution is 0.0945. The standard InChI is InChI=1S/C22H19BrN6O2/c1-14-11-15(2)29-22(25-14)26-20(28-29)21(30)27-24-12-17-5-3-4-6-19(17)31-13-16-7-9-18(23)10-8-16/h3-12H,13H2,1-2H3,(H,27,30)/b24-12+. The van der Waals surface area contributed by atoms with Crippen LogP contribution in [-0.4, -0.2) is 31.7 Å². The van der Waals surface area contributed by atoms with Gasteiger partial charge in [0, 0.05) is 21.4 Å². The van der Waals surface area contributed by atoms with E-state index in [1.54, 1.807) is 0 Å². The summed E-state index contributed by atoms with van der Waals surface area (Å²) in [6.07, 6.45) is 1.53. The summed E-state index contributed by atoms with van der Waals surface area (Å²) in [5.74, 6) is 0.507. The number of carbonyl (C=O) groups is 1. The molecular formula is C22H19BrN6O2. The van der Waals surface area contributed by atoms with Crippen LogP contribution in [0.25, 0.3) is 5.78 Å². The monoisotopic (exact) mass is 478 g/mol. The van der Waals surface area contributed by atoms with E-state index in [1.807, 2.05) is 68.4 Å². The van der Waals surface area contributed by atoms with E-state index in [4.69, 9.17) is 4.74 Å². The Kier molecular flexibility index (Phi) is 6.03. The molecule has 31 heavy (non-hydrogen) atoms. The van der Waals surface area contributed by atoms with Crippen molar-refractivity contribution in [1.82, 2.24) is 25.0 Å². The van der Waals surface area contributed by atoms with E-state index in [0.717, 1.165) is 27.0 Å². The molecule has 156 valence electrons. The van der Waals surface area contributed by atoms with Gasteiger partial charge in [-0.3, -0.25) is 4.79 Å². The second-order valence-electron chi connectivity index (χ2n) is 6.84. The zero-order valence-corrected chi connectivity index (χ0v) is 18.5. The maximum Gasteiger partial charge on any atom is 0.311 e. The third kappa shape index (κ3) is 4.95. The van der Waals surface area contributed by atoms with E-state index >= 15 is 0 Å². The van der Waals surface area contributed by atoms with E-state index in [1.165, 1.54) is 10.7 Å². The number of nitrogens with one attached hydrogen (secondary N) is 1. The minimum atomic E-state index is -0.521. The number of nitrogens with zero attached hydrogens (tertiary/aromatic N) is 5. The third-order valence-corrected chi connectivity index (χ3v) is 4.95. The Labute approximate surface area is 187 Å². The fourth-order valence-electron chi connectivity index (χ4n) is 2.93. The number of halogens is 1. The van der Waals surface area contributed by atoms with Gasteiger partial charge in [-0.2, -0.15) is 10.1 Å².